The van der Waals surface area contributed by atoms with Gasteiger partial charge in [-0.05, 0) is 59.7 Å². The summed E-state index contributed by atoms with van der Waals surface area (Å²) < 4.78 is 7.29. The van der Waals surface area contributed by atoms with E-state index in [9.17, 15) is 4.79 Å². The van der Waals surface area contributed by atoms with Gasteiger partial charge in [0.25, 0.3) is 0 Å². The van der Waals surface area contributed by atoms with Crippen molar-refractivity contribution in [2.45, 2.75) is 33.2 Å². The normalized spacial score (nSPS) is 11.1. The standard InChI is InChI=1S/C21H24N2O2/c1-14(2)16-6-7-19-17(12-16)9-10-23(19)13-21(24)22-18-11-15(3)5-8-20(18)25-4/h5-12,14H,13H2,1-4H3,(H,22,24). The molecule has 1 amide bonds. The zero-order chi connectivity index (χ0) is 18.0. The van der Waals surface area contributed by atoms with Crippen LogP contribution in [0.1, 0.15) is 30.9 Å². The highest BCUT2D eigenvalue weighted by Crippen LogP contribution is 2.26. The third kappa shape index (κ3) is 3.68. The maximum absolute atomic E-state index is 12.5. The Kier molecular flexibility index (Phi) is 4.79. The van der Waals surface area contributed by atoms with Crippen LogP contribution in [0.2, 0.25) is 0 Å². The minimum Gasteiger partial charge on any atom is -0.495 e. The fourth-order valence-corrected chi connectivity index (χ4v) is 2.98. The average Bonchev–Trinajstić information content (AvgIpc) is 2.97. The lowest BCUT2D eigenvalue weighted by Gasteiger charge is -2.12. The molecular formula is C21H24N2O2. The highest BCUT2D eigenvalue weighted by Gasteiger charge is 2.11. The number of nitrogens with one attached hydrogen (secondary N) is 1. The van der Waals surface area contributed by atoms with Crippen molar-refractivity contribution in [3.8, 4) is 5.75 Å². The maximum atomic E-state index is 12.5. The summed E-state index contributed by atoms with van der Waals surface area (Å²) in [5.41, 5.74) is 4.14. The second kappa shape index (κ2) is 7.01. The lowest BCUT2D eigenvalue weighted by atomic mass is 10.0. The van der Waals surface area contributed by atoms with Crippen molar-refractivity contribution >= 4 is 22.5 Å². The van der Waals surface area contributed by atoms with E-state index in [-0.39, 0.29) is 12.5 Å². The average molecular weight is 336 g/mol. The molecule has 0 saturated heterocycles. The number of rotatable bonds is 5. The lowest BCUT2D eigenvalue weighted by Crippen LogP contribution is -2.18. The molecule has 4 nitrogen and oxygen atoms in total. The Morgan fingerprint density at radius 2 is 1.96 bits per heavy atom. The van der Waals surface area contributed by atoms with E-state index in [0.29, 0.717) is 17.4 Å². The van der Waals surface area contributed by atoms with Crippen LogP contribution in [-0.2, 0) is 11.3 Å². The second-order valence-electron chi connectivity index (χ2n) is 6.67. The number of methoxy groups -OCH3 is 1. The number of fused-ring (bicyclic) bond motifs is 1. The fraction of sp³-hybridized carbons (Fsp3) is 0.286. The van der Waals surface area contributed by atoms with Gasteiger partial charge in [0, 0.05) is 11.7 Å². The highest BCUT2D eigenvalue weighted by atomic mass is 16.5. The van der Waals surface area contributed by atoms with E-state index < -0.39 is 0 Å². The first kappa shape index (κ1) is 17.1. The topological polar surface area (TPSA) is 43.3 Å². The molecule has 130 valence electrons. The van der Waals surface area contributed by atoms with Gasteiger partial charge < -0.3 is 14.6 Å². The zero-order valence-corrected chi connectivity index (χ0v) is 15.2. The monoisotopic (exact) mass is 336 g/mol. The van der Waals surface area contributed by atoms with Crippen LogP contribution in [0.3, 0.4) is 0 Å². The van der Waals surface area contributed by atoms with Crippen molar-refractivity contribution in [3.05, 3.63) is 59.8 Å². The number of carbonyl (C=O) groups excluding carboxylic acids is 1. The molecule has 3 aromatic rings. The van der Waals surface area contributed by atoms with Crippen LogP contribution >= 0.6 is 0 Å². The van der Waals surface area contributed by atoms with Crippen molar-refractivity contribution < 1.29 is 9.53 Å². The molecule has 0 atom stereocenters. The molecule has 0 unspecified atom stereocenters. The number of carbonyl (C=O) groups is 1. The van der Waals surface area contributed by atoms with Gasteiger partial charge in [-0.2, -0.15) is 0 Å². The van der Waals surface area contributed by atoms with Gasteiger partial charge in [-0.25, -0.2) is 0 Å². The molecule has 2 aromatic carbocycles. The Morgan fingerprint density at radius 3 is 2.68 bits per heavy atom. The molecular weight excluding hydrogens is 312 g/mol. The minimum atomic E-state index is -0.0747. The Hall–Kier alpha value is -2.75. The first-order chi connectivity index (χ1) is 12.0. The molecule has 0 aliphatic rings. The van der Waals surface area contributed by atoms with E-state index in [1.54, 1.807) is 7.11 Å². The first-order valence-electron chi connectivity index (χ1n) is 8.51. The molecule has 3 rings (SSSR count). The number of anilines is 1. The number of amides is 1. The van der Waals surface area contributed by atoms with Crippen LogP contribution in [0.4, 0.5) is 5.69 Å². The summed E-state index contributed by atoms with van der Waals surface area (Å²) in [6, 6.07) is 14.2. The van der Waals surface area contributed by atoms with Gasteiger partial charge in [0.2, 0.25) is 5.91 Å². The molecule has 0 aliphatic heterocycles. The van der Waals surface area contributed by atoms with E-state index in [1.165, 1.54) is 5.56 Å². The minimum absolute atomic E-state index is 0.0747. The molecule has 0 spiro atoms. The van der Waals surface area contributed by atoms with Gasteiger partial charge in [0.05, 0.1) is 12.8 Å². The van der Waals surface area contributed by atoms with Crippen LogP contribution in [0, 0.1) is 6.92 Å². The molecule has 0 bridgehead atoms. The Labute approximate surface area is 148 Å². The number of aromatic nitrogens is 1. The molecule has 0 fully saturated rings. The maximum Gasteiger partial charge on any atom is 0.244 e. The van der Waals surface area contributed by atoms with Gasteiger partial charge in [0.15, 0.2) is 0 Å². The molecule has 0 radical (unpaired) electrons. The predicted molar refractivity (Wildman–Crippen MR) is 102 cm³/mol. The molecule has 1 aromatic heterocycles. The summed E-state index contributed by atoms with van der Waals surface area (Å²) in [4.78, 5) is 12.5. The van der Waals surface area contributed by atoms with Crippen molar-refractivity contribution in [1.29, 1.82) is 0 Å². The molecule has 0 aliphatic carbocycles. The van der Waals surface area contributed by atoms with Crippen molar-refractivity contribution in [2.75, 3.05) is 12.4 Å². The van der Waals surface area contributed by atoms with Crippen molar-refractivity contribution in [1.82, 2.24) is 4.57 Å². The van der Waals surface area contributed by atoms with Crippen molar-refractivity contribution in [3.63, 3.8) is 0 Å². The van der Waals surface area contributed by atoms with Gasteiger partial charge in [-0.15, -0.1) is 0 Å². The fourth-order valence-electron chi connectivity index (χ4n) is 2.98. The largest absolute Gasteiger partial charge is 0.495 e. The molecule has 4 heteroatoms. The molecule has 0 saturated carbocycles. The van der Waals surface area contributed by atoms with Crippen LogP contribution < -0.4 is 10.1 Å². The SMILES string of the molecule is COc1ccc(C)cc1NC(=O)Cn1ccc2cc(C(C)C)ccc21. The highest BCUT2D eigenvalue weighted by molar-refractivity contribution is 5.93. The third-order valence-corrected chi connectivity index (χ3v) is 4.40. The van der Waals surface area contributed by atoms with Crippen LogP contribution in [-0.4, -0.2) is 17.6 Å². The number of nitrogens with zero attached hydrogens (tertiary/aromatic N) is 1. The lowest BCUT2D eigenvalue weighted by molar-refractivity contribution is -0.116. The van der Waals surface area contributed by atoms with Gasteiger partial charge in [0.1, 0.15) is 12.3 Å². The number of hydrogen-bond acceptors (Lipinski definition) is 2. The first-order valence-corrected chi connectivity index (χ1v) is 8.51. The molecule has 25 heavy (non-hydrogen) atoms. The van der Waals surface area contributed by atoms with Gasteiger partial charge in [-0.3, -0.25) is 4.79 Å². The Bertz CT molecular complexity index is 909. The van der Waals surface area contributed by atoms with Crippen LogP contribution in [0.5, 0.6) is 5.75 Å². The smallest absolute Gasteiger partial charge is 0.244 e. The quantitative estimate of drug-likeness (QED) is 0.732. The van der Waals surface area contributed by atoms with E-state index in [2.05, 4.69) is 43.4 Å². The van der Waals surface area contributed by atoms with E-state index >= 15 is 0 Å². The summed E-state index contributed by atoms with van der Waals surface area (Å²) in [5, 5.41) is 4.11. The predicted octanol–water partition coefficient (Wildman–Crippen LogP) is 4.72. The van der Waals surface area contributed by atoms with E-state index in [4.69, 9.17) is 4.74 Å². The summed E-state index contributed by atoms with van der Waals surface area (Å²) >= 11 is 0. The Balaban J connectivity index is 1.80. The summed E-state index contributed by atoms with van der Waals surface area (Å²) in [6.45, 7) is 6.62. The summed E-state index contributed by atoms with van der Waals surface area (Å²) in [6.07, 6.45) is 1.96. The van der Waals surface area contributed by atoms with E-state index in [1.807, 2.05) is 35.9 Å². The van der Waals surface area contributed by atoms with Crippen LogP contribution in [0.25, 0.3) is 10.9 Å². The van der Waals surface area contributed by atoms with Gasteiger partial charge >= 0.3 is 0 Å². The number of ether oxygens (including phenoxy) is 1. The Morgan fingerprint density at radius 1 is 1.16 bits per heavy atom. The second-order valence-corrected chi connectivity index (χ2v) is 6.67. The summed E-state index contributed by atoms with van der Waals surface area (Å²) in [5.74, 6) is 1.08. The summed E-state index contributed by atoms with van der Waals surface area (Å²) in [7, 11) is 1.60. The number of aryl methyl sites for hydroxylation is 1. The number of hydrogen-bond donors (Lipinski definition) is 1. The van der Waals surface area contributed by atoms with Crippen molar-refractivity contribution in [2.24, 2.45) is 0 Å². The van der Waals surface area contributed by atoms with Gasteiger partial charge in [-0.1, -0.05) is 26.0 Å². The third-order valence-electron chi connectivity index (χ3n) is 4.40. The van der Waals surface area contributed by atoms with Crippen LogP contribution in [0.15, 0.2) is 48.7 Å². The zero-order valence-electron chi connectivity index (χ0n) is 15.2. The van der Waals surface area contributed by atoms with E-state index in [0.717, 1.165) is 16.5 Å². The molecule has 1 heterocycles. The molecule has 1 N–H and O–H groups in total. The number of benzene rings is 2.